The monoisotopic (exact) mass is 564 g/mol. The summed E-state index contributed by atoms with van der Waals surface area (Å²) in [6, 6.07) is 12.4. The van der Waals surface area contributed by atoms with E-state index in [0.29, 0.717) is 12.3 Å². The molecule has 10 heteroatoms. The number of ether oxygens (including phenoxy) is 1. The number of aryl methyl sites for hydroxylation is 1. The summed E-state index contributed by atoms with van der Waals surface area (Å²) in [6.07, 6.45) is 10.4. The molecule has 3 aromatic rings. The van der Waals surface area contributed by atoms with Gasteiger partial charge in [0.25, 0.3) is 0 Å². The molecular formula is C30H33FN4O4S. The summed E-state index contributed by atoms with van der Waals surface area (Å²) in [7, 11) is -1.60. The first-order valence-electron chi connectivity index (χ1n) is 13.4. The van der Waals surface area contributed by atoms with E-state index in [9.17, 15) is 12.8 Å². The summed E-state index contributed by atoms with van der Waals surface area (Å²) in [5.41, 5.74) is 3.93. The first-order valence-corrected chi connectivity index (χ1v) is 15.5. The number of hydrogen-bond donors (Lipinski definition) is 0. The number of oxime groups is 1. The van der Waals surface area contributed by atoms with Crippen LogP contribution in [0.3, 0.4) is 0 Å². The van der Waals surface area contributed by atoms with Crippen molar-refractivity contribution in [3.05, 3.63) is 83.2 Å². The minimum Gasteiger partial charge on any atom is -0.495 e. The summed E-state index contributed by atoms with van der Waals surface area (Å²) in [5.74, 6) is 1.07. The maximum Gasteiger partial charge on any atom is 0.172 e. The maximum atomic E-state index is 13.9. The van der Waals surface area contributed by atoms with Crippen molar-refractivity contribution in [2.75, 3.05) is 32.3 Å². The van der Waals surface area contributed by atoms with Gasteiger partial charge in [0.15, 0.2) is 5.84 Å². The molecule has 2 aliphatic heterocycles. The van der Waals surface area contributed by atoms with E-state index >= 15 is 0 Å². The third kappa shape index (κ3) is 5.00. The topological polar surface area (TPSA) is 86.0 Å². The fraction of sp³-hybridized carbons (Fsp3) is 0.400. The molecule has 0 bridgehead atoms. The highest BCUT2D eigenvalue weighted by molar-refractivity contribution is 7.90. The number of aromatic nitrogens is 2. The van der Waals surface area contributed by atoms with Crippen LogP contribution in [-0.4, -0.2) is 61.0 Å². The van der Waals surface area contributed by atoms with Crippen molar-refractivity contribution in [3.8, 4) is 11.4 Å². The van der Waals surface area contributed by atoms with Crippen molar-refractivity contribution in [1.29, 1.82) is 0 Å². The zero-order valence-corrected chi connectivity index (χ0v) is 23.7. The quantitative estimate of drug-likeness (QED) is 0.407. The molecule has 0 N–H and O–H groups in total. The minimum atomic E-state index is -3.26. The smallest absolute Gasteiger partial charge is 0.172 e. The van der Waals surface area contributed by atoms with E-state index in [2.05, 4.69) is 21.1 Å². The van der Waals surface area contributed by atoms with Gasteiger partial charge in [-0.05, 0) is 85.1 Å². The van der Waals surface area contributed by atoms with Crippen LogP contribution in [0.2, 0.25) is 0 Å². The Hall–Kier alpha value is -3.66. The van der Waals surface area contributed by atoms with Gasteiger partial charge in [-0.1, -0.05) is 23.4 Å². The summed E-state index contributed by atoms with van der Waals surface area (Å²) >= 11 is 0. The first-order chi connectivity index (χ1) is 19.1. The fourth-order valence-electron chi connectivity index (χ4n) is 5.95. The van der Waals surface area contributed by atoms with Crippen LogP contribution in [0.5, 0.6) is 5.75 Å². The Bertz CT molecular complexity index is 1610. The highest BCUT2D eigenvalue weighted by Crippen LogP contribution is 2.57. The summed E-state index contributed by atoms with van der Waals surface area (Å²) < 4.78 is 46.2. The minimum absolute atomic E-state index is 0.0179. The highest BCUT2D eigenvalue weighted by Gasteiger charge is 2.55. The molecule has 1 saturated carbocycles. The number of fused-ring (bicyclic) bond motifs is 1. The number of nitrogens with zero attached hydrogens (tertiary/aromatic N) is 4. The summed E-state index contributed by atoms with van der Waals surface area (Å²) in [6.45, 7) is 2.88. The largest absolute Gasteiger partial charge is 0.495 e. The lowest BCUT2D eigenvalue weighted by molar-refractivity contribution is -0.0188. The molecule has 8 nitrogen and oxygen atoms in total. The third-order valence-electron chi connectivity index (χ3n) is 8.33. The molecule has 6 rings (SSSR count). The number of amidine groups is 1. The van der Waals surface area contributed by atoms with Gasteiger partial charge in [-0.25, -0.2) is 17.8 Å². The molecule has 1 atom stereocenters. The van der Waals surface area contributed by atoms with Gasteiger partial charge in [0.05, 0.1) is 30.6 Å². The number of methoxy groups -OCH3 is 1. The zero-order chi connectivity index (χ0) is 28.1. The van der Waals surface area contributed by atoms with Crippen molar-refractivity contribution in [1.82, 2.24) is 14.5 Å². The molecule has 3 heterocycles. The Morgan fingerprint density at radius 3 is 2.60 bits per heavy atom. The maximum absolute atomic E-state index is 13.9. The Labute approximate surface area is 234 Å². The van der Waals surface area contributed by atoms with E-state index in [0.717, 1.165) is 59.6 Å². The van der Waals surface area contributed by atoms with Crippen molar-refractivity contribution >= 4 is 21.7 Å². The number of imidazole rings is 1. The highest BCUT2D eigenvalue weighted by atomic mass is 32.2. The van der Waals surface area contributed by atoms with Gasteiger partial charge in [-0.2, -0.15) is 0 Å². The van der Waals surface area contributed by atoms with Crippen LogP contribution >= 0.6 is 0 Å². The SMILES string of the molecule is COc1cc(/C=C2\CC3(CC3)CN3C2=NOCC3(CCS(C)(=O)=O)c2ccc(F)cc2)ccc1-n1cnc(C)c1. The molecular weight excluding hydrogens is 531 g/mol. The Balaban J connectivity index is 1.42. The number of halogens is 1. The van der Waals surface area contributed by atoms with E-state index < -0.39 is 15.4 Å². The molecule has 210 valence electrons. The van der Waals surface area contributed by atoms with E-state index in [1.54, 1.807) is 25.6 Å². The molecule has 1 saturated heterocycles. The molecule has 1 spiro atoms. The molecule has 2 fully saturated rings. The average Bonchev–Trinajstić information content (AvgIpc) is 3.52. The van der Waals surface area contributed by atoms with Gasteiger partial charge >= 0.3 is 0 Å². The van der Waals surface area contributed by atoms with Crippen LogP contribution in [0.4, 0.5) is 4.39 Å². The second-order valence-corrected chi connectivity index (χ2v) is 13.7. The van der Waals surface area contributed by atoms with Crippen LogP contribution in [0.15, 0.2) is 65.7 Å². The second-order valence-electron chi connectivity index (χ2n) is 11.4. The Morgan fingerprint density at radius 2 is 1.95 bits per heavy atom. The number of benzene rings is 2. The van der Waals surface area contributed by atoms with Gasteiger partial charge < -0.3 is 19.0 Å². The molecule has 1 aromatic heterocycles. The molecule has 1 aliphatic carbocycles. The van der Waals surface area contributed by atoms with Crippen molar-refractivity contribution in [2.45, 2.75) is 38.1 Å². The van der Waals surface area contributed by atoms with E-state index in [1.165, 1.54) is 18.4 Å². The van der Waals surface area contributed by atoms with E-state index in [-0.39, 0.29) is 23.6 Å². The molecule has 2 aromatic carbocycles. The normalized spacial score (nSPS) is 22.6. The molecule has 3 aliphatic rings. The molecule has 0 radical (unpaired) electrons. The van der Waals surface area contributed by atoms with Gasteiger partial charge in [-0.3, -0.25) is 0 Å². The van der Waals surface area contributed by atoms with Gasteiger partial charge in [0.2, 0.25) is 0 Å². The third-order valence-corrected chi connectivity index (χ3v) is 9.28. The van der Waals surface area contributed by atoms with Gasteiger partial charge in [0.1, 0.15) is 33.5 Å². The van der Waals surface area contributed by atoms with Crippen LogP contribution < -0.4 is 4.74 Å². The van der Waals surface area contributed by atoms with Crippen molar-refractivity contribution in [2.24, 2.45) is 10.6 Å². The van der Waals surface area contributed by atoms with Gasteiger partial charge in [0, 0.05) is 19.0 Å². The zero-order valence-electron chi connectivity index (χ0n) is 22.9. The van der Waals surface area contributed by atoms with Crippen LogP contribution in [0, 0.1) is 18.2 Å². The first kappa shape index (κ1) is 26.6. The number of sulfone groups is 1. The Morgan fingerprint density at radius 1 is 1.18 bits per heavy atom. The lowest BCUT2D eigenvalue weighted by atomic mass is 9.79. The van der Waals surface area contributed by atoms with Crippen molar-refractivity contribution < 1.29 is 22.4 Å². The number of hydrogen-bond acceptors (Lipinski definition) is 7. The van der Waals surface area contributed by atoms with Gasteiger partial charge in [-0.15, -0.1) is 0 Å². The standard InChI is InChI=1S/C30H33FN4O4S/c1-21-17-34(20-32-21)26-9-4-22(15-27(26)38-2)14-23-16-29(10-11-29)18-35-28(23)33-39-19-30(35,12-13-40(3,36)37)24-5-7-25(31)8-6-24/h4-9,14-15,17,20H,10-13,16,18-19H2,1-3H3/b23-14+. The number of piperidine rings is 1. The van der Waals surface area contributed by atoms with Crippen LogP contribution in [-0.2, 0) is 20.2 Å². The lowest BCUT2D eigenvalue weighted by Gasteiger charge is -2.51. The number of rotatable bonds is 7. The fourth-order valence-corrected chi connectivity index (χ4v) is 6.65. The van der Waals surface area contributed by atoms with Crippen molar-refractivity contribution in [3.63, 3.8) is 0 Å². The Kier molecular flexibility index (Phi) is 6.48. The van der Waals surface area contributed by atoms with Crippen LogP contribution in [0.1, 0.15) is 42.5 Å². The summed E-state index contributed by atoms with van der Waals surface area (Å²) in [5, 5.41) is 4.52. The molecule has 40 heavy (non-hydrogen) atoms. The predicted molar refractivity (Wildman–Crippen MR) is 152 cm³/mol. The predicted octanol–water partition coefficient (Wildman–Crippen LogP) is 4.87. The van der Waals surface area contributed by atoms with E-state index in [1.807, 2.05) is 35.9 Å². The lowest BCUT2D eigenvalue weighted by Crippen LogP contribution is -2.59. The summed E-state index contributed by atoms with van der Waals surface area (Å²) in [4.78, 5) is 12.4. The molecule has 0 amide bonds. The second kappa shape index (κ2) is 9.76. The van der Waals surface area contributed by atoms with Crippen LogP contribution in [0.25, 0.3) is 11.8 Å². The average molecular weight is 565 g/mol. The molecule has 1 unspecified atom stereocenters. The van der Waals surface area contributed by atoms with E-state index in [4.69, 9.17) is 9.57 Å².